The number of nitrogens with zero attached hydrogens (tertiary/aromatic N) is 3. The summed E-state index contributed by atoms with van der Waals surface area (Å²) >= 11 is 5.69. The molecule has 0 fully saturated rings. The van der Waals surface area contributed by atoms with Crippen molar-refractivity contribution < 1.29 is 24.2 Å². The van der Waals surface area contributed by atoms with E-state index in [0.29, 0.717) is 24.2 Å². The number of carboxylic acid groups (broad SMARTS) is 1. The monoisotopic (exact) mass is 371 g/mol. The van der Waals surface area contributed by atoms with Crippen LogP contribution in [0.3, 0.4) is 0 Å². The third-order valence-corrected chi connectivity index (χ3v) is 3.87. The lowest BCUT2D eigenvalue weighted by molar-refractivity contribution is -0.139. The number of ether oxygens (including phenoxy) is 1. The van der Waals surface area contributed by atoms with Gasteiger partial charge in [0.05, 0.1) is 18.1 Å². The summed E-state index contributed by atoms with van der Waals surface area (Å²) in [7, 11) is 0. The van der Waals surface area contributed by atoms with Gasteiger partial charge in [0, 0.05) is 31.1 Å². The number of nitrogens with one attached hydrogen (secondary N) is 2. The van der Waals surface area contributed by atoms with Gasteiger partial charge in [0.15, 0.2) is 5.69 Å². The molecule has 3 N–H and O–H groups in total. The largest absolute Gasteiger partial charge is 0.465 e. The van der Waals surface area contributed by atoms with Crippen LogP contribution in [0.5, 0.6) is 0 Å². The molecule has 0 atom stereocenters. The molecule has 10 nitrogen and oxygen atoms in total. The molecular formula is C14H18ClN5O5. The second-order valence-corrected chi connectivity index (χ2v) is 5.55. The van der Waals surface area contributed by atoms with E-state index in [4.69, 9.17) is 21.4 Å². The number of H-pyrrole nitrogens is 1. The fourth-order valence-corrected chi connectivity index (χ4v) is 2.43. The topological polar surface area (TPSA) is 137 Å². The van der Waals surface area contributed by atoms with E-state index in [1.807, 2.05) is 0 Å². The van der Waals surface area contributed by atoms with Crippen molar-refractivity contribution in [3.63, 3.8) is 0 Å². The average molecular weight is 372 g/mol. The summed E-state index contributed by atoms with van der Waals surface area (Å²) in [5, 5.41) is 18.4. The number of hydrogen-bond donors (Lipinski definition) is 3. The van der Waals surface area contributed by atoms with Gasteiger partial charge in [-0.3, -0.25) is 19.7 Å². The zero-order valence-corrected chi connectivity index (χ0v) is 14.3. The Morgan fingerprint density at radius 1 is 1.48 bits per heavy atom. The number of esters is 1. The number of alkyl halides is 1. The molecule has 1 aliphatic rings. The standard InChI is InChI=1S/C14H18ClN5O5/c1-8(21)25-6-9(4-15)16-7-17-13(22)12-10-5-20(14(23)24)3-2-11(10)18-19-12/h2-7H2,1H3,(H,17,22)(H,18,19)(H,23,24). The number of amides is 2. The second kappa shape index (κ2) is 8.47. The van der Waals surface area contributed by atoms with Gasteiger partial charge in [-0.25, -0.2) is 4.79 Å². The van der Waals surface area contributed by atoms with Crippen molar-refractivity contribution in [3.05, 3.63) is 17.0 Å². The molecule has 1 aromatic heterocycles. The second-order valence-electron chi connectivity index (χ2n) is 5.29. The first kappa shape index (κ1) is 18.7. The van der Waals surface area contributed by atoms with E-state index in [9.17, 15) is 14.4 Å². The van der Waals surface area contributed by atoms with Crippen molar-refractivity contribution in [3.8, 4) is 0 Å². The number of aromatic nitrogens is 2. The number of rotatable bonds is 6. The van der Waals surface area contributed by atoms with Crippen molar-refractivity contribution in [1.29, 1.82) is 0 Å². The Morgan fingerprint density at radius 2 is 2.24 bits per heavy atom. The highest BCUT2D eigenvalue weighted by atomic mass is 35.5. The van der Waals surface area contributed by atoms with Crippen LogP contribution in [0, 0.1) is 0 Å². The Hall–Kier alpha value is -2.62. The van der Waals surface area contributed by atoms with E-state index in [1.165, 1.54) is 11.8 Å². The maximum Gasteiger partial charge on any atom is 0.407 e. The molecule has 2 rings (SSSR count). The summed E-state index contributed by atoms with van der Waals surface area (Å²) in [5.41, 5.74) is 1.87. The maximum atomic E-state index is 12.2. The van der Waals surface area contributed by atoms with Gasteiger partial charge in [-0.05, 0) is 0 Å². The quantitative estimate of drug-likeness (QED) is 0.375. The van der Waals surface area contributed by atoms with Crippen LogP contribution in [0.4, 0.5) is 4.79 Å². The van der Waals surface area contributed by atoms with Crippen LogP contribution in [-0.2, 0) is 22.5 Å². The first-order valence-corrected chi connectivity index (χ1v) is 7.99. The third kappa shape index (κ3) is 4.92. The predicted molar refractivity (Wildman–Crippen MR) is 87.8 cm³/mol. The van der Waals surface area contributed by atoms with Gasteiger partial charge in [-0.15, -0.1) is 11.6 Å². The lowest BCUT2D eigenvalue weighted by atomic mass is 10.1. The Kier molecular flexibility index (Phi) is 6.34. The summed E-state index contributed by atoms with van der Waals surface area (Å²) in [6.45, 7) is 1.62. The van der Waals surface area contributed by atoms with Gasteiger partial charge in [0.2, 0.25) is 0 Å². The third-order valence-electron chi connectivity index (χ3n) is 3.56. The molecule has 2 heterocycles. The molecule has 0 spiro atoms. The van der Waals surface area contributed by atoms with E-state index in [0.717, 1.165) is 5.69 Å². The van der Waals surface area contributed by atoms with Crippen LogP contribution < -0.4 is 5.32 Å². The number of halogens is 1. The van der Waals surface area contributed by atoms with Crippen LogP contribution in [0.25, 0.3) is 0 Å². The van der Waals surface area contributed by atoms with Crippen LogP contribution in [-0.4, -0.2) is 69.6 Å². The minimum Gasteiger partial charge on any atom is -0.465 e. The summed E-state index contributed by atoms with van der Waals surface area (Å²) in [4.78, 5) is 39.4. The Balaban J connectivity index is 1.97. The molecule has 1 aliphatic heterocycles. The molecule has 0 saturated carbocycles. The van der Waals surface area contributed by atoms with Gasteiger partial charge in [-0.1, -0.05) is 0 Å². The molecule has 25 heavy (non-hydrogen) atoms. The number of hydrogen-bond acceptors (Lipinski definition) is 6. The maximum absolute atomic E-state index is 12.2. The summed E-state index contributed by atoms with van der Waals surface area (Å²) in [5.74, 6) is -0.864. The van der Waals surface area contributed by atoms with Gasteiger partial charge in [0.25, 0.3) is 5.91 Å². The van der Waals surface area contributed by atoms with Crippen LogP contribution in [0.2, 0.25) is 0 Å². The van der Waals surface area contributed by atoms with Crippen LogP contribution in [0.1, 0.15) is 28.7 Å². The summed E-state index contributed by atoms with van der Waals surface area (Å²) in [6, 6.07) is 0. The van der Waals surface area contributed by atoms with Crippen molar-refractivity contribution in [2.24, 2.45) is 4.99 Å². The minimum atomic E-state index is -1.04. The molecule has 2 amide bonds. The fraction of sp³-hybridized carbons (Fsp3) is 0.500. The number of fused-ring (bicyclic) bond motifs is 1. The summed E-state index contributed by atoms with van der Waals surface area (Å²) in [6.07, 6.45) is -0.571. The summed E-state index contributed by atoms with van der Waals surface area (Å²) < 4.78 is 4.79. The molecular weight excluding hydrogens is 354 g/mol. The highest BCUT2D eigenvalue weighted by molar-refractivity contribution is 6.28. The van der Waals surface area contributed by atoms with Gasteiger partial charge in [-0.2, -0.15) is 5.10 Å². The molecule has 0 radical (unpaired) electrons. The predicted octanol–water partition coefficient (Wildman–Crippen LogP) is 0.376. The lowest BCUT2D eigenvalue weighted by Gasteiger charge is -2.23. The zero-order chi connectivity index (χ0) is 18.4. The lowest BCUT2D eigenvalue weighted by Crippen LogP contribution is -2.36. The van der Waals surface area contributed by atoms with Crippen LogP contribution >= 0.6 is 11.6 Å². The number of carbonyl (C=O) groups is 3. The molecule has 0 unspecified atom stereocenters. The zero-order valence-electron chi connectivity index (χ0n) is 13.5. The van der Waals surface area contributed by atoms with Crippen molar-refractivity contribution in [2.75, 3.05) is 25.7 Å². The Labute approximate surface area is 148 Å². The first-order valence-electron chi connectivity index (χ1n) is 7.46. The van der Waals surface area contributed by atoms with Gasteiger partial charge >= 0.3 is 12.1 Å². The van der Waals surface area contributed by atoms with Crippen molar-refractivity contribution >= 4 is 35.3 Å². The van der Waals surface area contributed by atoms with Crippen molar-refractivity contribution in [2.45, 2.75) is 19.9 Å². The molecule has 0 bridgehead atoms. The SMILES string of the molecule is CC(=O)OCC(CCl)=NCNC(=O)c1n[nH]c2c1CN(C(=O)O)CC2. The van der Waals surface area contributed by atoms with E-state index in [2.05, 4.69) is 20.5 Å². The van der Waals surface area contributed by atoms with Gasteiger partial charge in [0.1, 0.15) is 13.3 Å². The Morgan fingerprint density at radius 3 is 2.88 bits per heavy atom. The molecule has 0 aromatic carbocycles. The number of aliphatic imine (C=N–C) groups is 1. The van der Waals surface area contributed by atoms with Gasteiger partial charge < -0.3 is 20.1 Å². The van der Waals surface area contributed by atoms with E-state index >= 15 is 0 Å². The number of aromatic amines is 1. The minimum absolute atomic E-state index is 0.0416. The molecule has 0 saturated heterocycles. The average Bonchev–Trinajstić information content (AvgIpc) is 3.00. The highest BCUT2D eigenvalue weighted by Crippen LogP contribution is 2.20. The van der Waals surface area contributed by atoms with E-state index in [-0.39, 0.29) is 31.4 Å². The molecule has 136 valence electrons. The number of carbonyl (C=O) groups excluding carboxylic acids is 2. The first-order chi connectivity index (χ1) is 11.9. The van der Waals surface area contributed by atoms with E-state index < -0.39 is 18.0 Å². The normalized spacial score (nSPS) is 14.0. The smallest absolute Gasteiger partial charge is 0.407 e. The molecule has 0 aliphatic carbocycles. The van der Waals surface area contributed by atoms with E-state index in [1.54, 1.807) is 0 Å². The molecule has 11 heteroatoms. The Bertz CT molecular complexity index is 702. The fourth-order valence-electron chi connectivity index (χ4n) is 2.26. The molecule has 1 aromatic rings. The highest BCUT2D eigenvalue weighted by Gasteiger charge is 2.27. The van der Waals surface area contributed by atoms with Crippen LogP contribution in [0.15, 0.2) is 4.99 Å². The van der Waals surface area contributed by atoms with Crippen molar-refractivity contribution in [1.82, 2.24) is 20.4 Å².